The Hall–Kier alpha value is -1.84. The third kappa shape index (κ3) is 3.84. The molecular formula is C17H19ClN2O. The monoisotopic (exact) mass is 302 g/mol. The second-order valence-corrected chi connectivity index (χ2v) is 5.61. The van der Waals surface area contributed by atoms with Gasteiger partial charge in [-0.05, 0) is 36.2 Å². The largest absolute Gasteiger partial charge is 0.326 e. The van der Waals surface area contributed by atoms with Crippen molar-refractivity contribution in [3.63, 3.8) is 0 Å². The van der Waals surface area contributed by atoms with E-state index in [0.29, 0.717) is 5.02 Å². The zero-order valence-electron chi connectivity index (χ0n) is 12.1. The second-order valence-electron chi connectivity index (χ2n) is 5.17. The third-order valence-corrected chi connectivity index (χ3v) is 3.82. The first-order valence-electron chi connectivity index (χ1n) is 6.86. The molecule has 0 aliphatic rings. The molecule has 0 radical (unpaired) electrons. The van der Waals surface area contributed by atoms with Crippen LogP contribution in [0.1, 0.15) is 24.1 Å². The molecule has 1 amide bonds. The van der Waals surface area contributed by atoms with Gasteiger partial charge in [0.2, 0.25) is 5.91 Å². The van der Waals surface area contributed by atoms with E-state index in [-0.39, 0.29) is 17.9 Å². The zero-order valence-corrected chi connectivity index (χ0v) is 12.9. The molecule has 3 N–H and O–H groups in total. The summed E-state index contributed by atoms with van der Waals surface area (Å²) in [5.74, 6) is -0.431. The van der Waals surface area contributed by atoms with Crippen LogP contribution >= 0.6 is 11.6 Å². The number of nitrogens with one attached hydrogen (secondary N) is 1. The Bertz CT molecular complexity index is 628. The van der Waals surface area contributed by atoms with E-state index in [2.05, 4.69) is 5.32 Å². The van der Waals surface area contributed by atoms with Gasteiger partial charge in [-0.25, -0.2) is 0 Å². The fourth-order valence-electron chi connectivity index (χ4n) is 2.14. The van der Waals surface area contributed by atoms with E-state index in [1.54, 1.807) is 12.1 Å². The van der Waals surface area contributed by atoms with E-state index in [1.165, 1.54) is 0 Å². The fourth-order valence-corrected chi connectivity index (χ4v) is 2.37. The number of halogens is 1. The number of hydrogen-bond acceptors (Lipinski definition) is 2. The molecular weight excluding hydrogens is 284 g/mol. The Morgan fingerprint density at radius 2 is 1.86 bits per heavy atom. The van der Waals surface area contributed by atoms with Gasteiger partial charge in [0.1, 0.15) is 0 Å². The molecule has 2 atom stereocenters. The zero-order chi connectivity index (χ0) is 15.4. The lowest BCUT2D eigenvalue weighted by Crippen LogP contribution is -2.30. The van der Waals surface area contributed by atoms with Crippen LogP contribution in [0.15, 0.2) is 48.5 Å². The van der Waals surface area contributed by atoms with Gasteiger partial charge >= 0.3 is 0 Å². The molecule has 2 aromatic carbocycles. The maximum atomic E-state index is 12.3. The molecule has 0 saturated heterocycles. The number of carbonyl (C=O) groups is 1. The average molecular weight is 303 g/mol. The number of carbonyl (C=O) groups excluding carboxylic acids is 1. The molecule has 2 rings (SSSR count). The van der Waals surface area contributed by atoms with Gasteiger partial charge in [0.25, 0.3) is 0 Å². The summed E-state index contributed by atoms with van der Waals surface area (Å²) in [6.45, 7) is 3.74. The summed E-state index contributed by atoms with van der Waals surface area (Å²) in [5, 5.41) is 3.56. The summed E-state index contributed by atoms with van der Waals surface area (Å²) in [7, 11) is 0. The number of rotatable bonds is 4. The highest BCUT2D eigenvalue weighted by Crippen LogP contribution is 2.23. The van der Waals surface area contributed by atoms with E-state index in [1.807, 2.05) is 50.2 Å². The first-order valence-corrected chi connectivity index (χ1v) is 7.24. The van der Waals surface area contributed by atoms with E-state index in [0.717, 1.165) is 16.8 Å². The third-order valence-electron chi connectivity index (χ3n) is 3.58. The average Bonchev–Trinajstić information content (AvgIpc) is 2.49. The van der Waals surface area contributed by atoms with Gasteiger partial charge in [-0.2, -0.15) is 0 Å². The Kier molecular flexibility index (Phi) is 4.99. The Labute approximate surface area is 130 Å². The van der Waals surface area contributed by atoms with E-state index >= 15 is 0 Å². The molecule has 0 spiro atoms. The normalized spacial score (nSPS) is 13.5. The van der Waals surface area contributed by atoms with Gasteiger partial charge in [-0.3, -0.25) is 4.79 Å². The van der Waals surface area contributed by atoms with Crippen LogP contribution < -0.4 is 11.1 Å². The van der Waals surface area contributed by atoms with E-state index < -0.39 is 0 Å². The quantitative estimate of drug-likeness (QED) is 0.899. The van der Waals surface area contributed by atoms with Crippen LogP contribution in [-0.4, -0.2) is 5.91 Å². The molecule has 0 bridgehead atoms. The summed E-state index contributed by atoms with van der Waals surface area (Å²) in [6.07, 6.45) is 0. The van der Waals surface area contributed by atoms with E-state index in [9.17, 15) is 4.79 Å². The summed E-state index contributed by atoms with van der Waals surface area (Å²) >= 11 is 5.91. The molecule has 0 aliphatic heterocycles. The number of aryl methyl sites for hydroxylation is 1. The van der Waals surface area contributed by atoms with Crippen molar-refractivity contribution in [1.29, 1.82) is 0 Å². The summed E-state index contributed by atoms with van der Waals surface area (Å²) in [6, 6.07) is 14.7. The number of benzene rings is 2. The standard InChI is InChI=1S/C17H19ClN2O/c1-11-10-14(18)8-9-15(11)20-17(21)12(2)16(19)13-6-4-3-5-7-13/h3-10,12,16H,19H2,1-2H3,(H,20,21). The molecule has 2 unspecified atom stereocenters. The smallest absolute Gasteiger partial charge is 0.229 e. The van der Waals surface area contributed by atoms with Crippen molar-refractivity contribution in [3.8, 4) is 0 Å². The molecule has 4 heteroatoms. The van der Waals surface area contributed by atoms with Gasteiger partial charge < -0.3 is 11.1 Å². The number of nitrogens with two attached hydrogens (primary N) is 1. The highest BCUT2D eigenvalue weighted by atomic mass is 35.5. The highest BCUT2D eigenvalue weighted by molar-refractivity contribution is 6.30. The first kappa shape index (κ1) is 15.5. The van der Waals surface area contributed by atoms with Crippen LogP contribution in [-0.2, 0) is 4.79 Å². The fraction of sp³-hybridized carbons (Fsp3) is 0.235. The van der Waals surface area contributed by atoms with Crippen LogP contribution in [0, 0.1) is 12.8 Å². The number of amides is 1. The molecule has 0 heterocycles. The summed E-state index contributed by atoms with van der Waals surface area (Å²) in [5.41, 5.74) is 8.81. The van der Waals surface area contributed by atoms with Crippen molar-refractivity contribution < 1.29 is 4.79 Å². The minimum Gasteiger partial charge on any atom is -0.326 e. The molecule has 21 heavy (non-hydrogen) atoms. The minimum absolute atomic E-state index is 0.100. The Balaban J connectivity index is 2.09. The molecule has 0 aromatic heterocycles. The Morgan fingerprint density at radius 3 is 2.48 bits per heavy atom. The lowest BCUT2D eigenvalue weighted by molar-refractivity contribution is -0.120. The topological polar surface area (TPSA) is 55.1 Å². The van der Waals surface area contributed by atoms with Crippen molar-refractivity contribution in [2.75, 3.05) is 5.32 Å². The van der Waals surface area contributed by atoms with Crippen molar-refractivity contribution in [1.82, 2.24) is 0 Å². The van der Waals surface area contributed by atoms with E-state index in [4.69, 9.17) is 17.3 Å². The predicted molar refractivity (Wildman–Crippen MR) is 87.4 cm³/mol. The number of anilines is 1. The lowest BCUT2D eigenvalue weighted by atomic mass is 9.94. The summed E-state index contributed by atoms with van der Waals surface area (Å²) in [4.78, 5) is 12.3. The second kappa shape index (κ2) is 6.74. The minimum atomic E-state index is -0.334. The van der Waals surface area contributed by atoms with Gasteiger partial charge in [0.05, 0.1) is 5.92 Å². The Morgan fingerprint density at radius 1 is 1.19 bits per heavy atom. The van der Waals surface area contributed by atoms with Gasteiger partial charge in [0, 0.05) is 16.8 Å². The lowest BCUT2D eigenvalue weighted by Gasteiger charge is -2.20. The predicted octanol–water partition coefficient (Wildman–Crippen LogP) is 3.92. The maximum absolute atomic E-state index is 12.3. The molecule has 0 saturated carbocycles. The number of hydrogen-bond donors (Lipinski definition) is 2. The van der Waals surface area contributed by atoms with Gasteiger partial charge in [-0.15, -0.1) is 0 Å². The van der Waals surface area contributed by atoms with Crippen LogP contribution in [0.4, 0.5) is 5.69 Å². The highest BCUT2D eigenvalue weighted by Gasteiger charge is 2.22. The summed E-state index contributed by atoms with van der Waals surface area (Å²) < 4.78 is 0. The molecule has 0 aliphatic carbocycles. The van der Waals surface area contributed by atoms with Crippen molar-refractivity contribution in [3.05, 3.63) is 64.7 Å². The van der Waals surface area contributed by atoms with Crippen LogP contribution in [0.3, 0.4) is 0 Å². The molecule has 110 valence electrons. The molecule has 3 nitrogen and oxygen atoms in total. The van der Waals surface area contributed by atoms with Crippen LogP contribution in [0.5, 0.6) is 0 Å². The van der Waals surface area contributed by atoms with Crippen molar-refractivity contribution in [2.24, 2.45) is 11.7 Å². The SMILES string of the molecule is Cc1cc(Cl)ccc1NC(=O)C(C)C(N)c1ccccc1. The van der Waals surface area contributed by atoms with Gasteiger partial charge in [-0.1, -0.05) is 48.9 Å². The van der Waals surface area contributed by atoms with Crippen LogP contribution in [0.2, 0.25) is 5.02 Å². The van der Waals surface area contributed by atoms with Crippen molar-refractivity contribution >= 4 is 23.2 Å². The maximum Gasteiger partial charge on any atom is 0.229 e. The van der Waals surface area contributed by atoms with Crippen LogP contribution in [0.25, 0.3) is 0 Å². The van der Waals surface area contributed by atoms with Gasteiger partial charge in [0.15, 0.2) is 0 Å². The molecule has 2 aromatic rings. The molecule has 0 fully saturated rings. The first-order chi connectivity index (χ1) is 9.99. The van der Waals surface area contributed by atoms with Crippen molar-refractivity contribution in [2.45, 2.75) is 19.9 Å².